The van der Waals surface area contributed by atoms with Crippen molar-refractivity contribution in [3.05, 3.63) is 29.3 Å². The number of benzene rings is 1. The summed E-state index contributed by atoms with van der Waals surface area (Å²) in [4.78, 5) is 14.4. The predicted molar refractivity (Wildman–Crippen MR) is 87.6 cm³/mol. The lowest BCUT2D eigenvalue weighted by atomic mass is 9.52. The fourth-order valence-corrected chi connectivity index (χ4v) is 5.43. The van der Waals surface area contributed by atoms with Crippen molar-refractivity contribution in [3.8, 4) is 5.75 Å². The second-order valence-corrected chi connectivity index (χ2v) is 7.26. The number of phenols is 1. The van der Waals surface area contributed by atoms with E-state index in [0.717, 1.165) is 19.4 Å². The van der Waals surface area contributed by atoms with E-state index >= 15 is 0 Å². The van der Waals surface area contributed by atoms with Gasteiger partial charge in [0.05, 0.1) is 6.61 Å². The maximum absolute atomic E-state index is 12.4. The van der Waals surface area contributed by atoms with Crippen molar-refractivity contribution in [2.45, 2.75) is 56.9 Å². The van der Waals surface area contributed by atoms with E-state index in [9.17, 15) is 9.90 Å². The summed E-state index contributed by atoms with van der Waals surface area (Å²) in [5, 5.41) is 10.00. The van der Waals surface area contributed by atoms with Crippen LogP contribution in [0.4, 0.5) is 4.79 Å². The number of nitrogens with zero attached hydrogens (tertiary/aromatic N) is 1. The van der Waals surface area contributed by atoms with E-state index in [1.807, 2.05) is 17.9 Å². The molecule has 3 aliphatic rings. The molecule has 4 nitrogen and oxygen atoms in total. The topological polar surface area (TPSA) is 49.8 Å². The summed E-state index contributed by atoms with van der Waals surface area (Å²) >= 11 is 0. The molecule has 0 spiro atoms. The van der Waals surface area contributed by atoms with Gasteiger partial charge < -0.3 is 14.7 Å². The number of fused-ring (bicyclic) bond motifs is 1. The molecule has 4 rings (SSSR count). The van der Waals surface area contributed by atoms with Crippen molar-refractivity contribution in [1.82, 2.24) is 4.90 Å². The number of piperidine rings is 1. The molecule has 23 heavy (non-hydrogen) atoms. The average Bonchev–Trinajstić information content (AvgIpc) is 2.56. The minimum absolute atomic E-state index is 0.151. The summed E-state index contributed by atoms with van der Waals surface area (Å²) in [6, 6.07) is 6.08. The molecule has 1 aromatic carbocycles. The van der Waals surface area contributed by atoms with Gasteiger partial charge in [-0.25, -0.2) is 4.79 Å². The molecule has 1 amide bonds. The van der Waals surface area contributed by atoms with Crippen molar-refractivity contribution in [2.24, 2.45) is 5.92 Å². The molecule has 1 heterocycles. The molecule has 0 radical (unpaired) electrons. The largest absolute Gasteiger partial charge is 0.508 e. The van der Waals surface area contributed by atoms with Crippen LogP contribution in [0.15, 0.2) is 18.2 Å². The van der Waals surface area contributed by atoms with Gasteiger partial charge in [-0.3, -0.25) is 0 Å². The number of hydrogen-bond acceptors (Lipinski definition) is 3. The number of carbonyl (C=O) groups is 1. The van der Waals surface area contributed by atoms with Crippen molar-refractivity contribution >= 4 is 6.09 Å². The van der Waals surface area contributed by atoms with Gasteiger partial charge in [0.25, 0.3) is 0 Å². The lowest BCUT2D eigenvalue weighted by Gasteiger charge is -2.58. The van der Waals surface area contributed by atoms with Crippen LogP contribution in [0, 0.1) is 5.92 Å². The molecule has 1 saturated heterocycles. The smallest absolute Gasteiger partial charge is 0.410 e. The van der Waals surface area contributed by atoms with Crippen molar-refractivity contribution in [2.75, 3.05) is 13.2 Å². The summed E-state index contributed by atoms with van der Waals surface area (Å²) in [6.45, 7) is 3.07. The molecule has 0 aromatic heterocycles. The first-order valence-electron chi connectivity index (χ1n) is 8.91. The number of hydrogen-bond donors (Lipinski definition) is 1. The molecule has 1 aromatic rings. The molecule has 4 heteroatoms. The first kappa shape index (κ1) is 14.9. The van der Waals surface area contributed by atoms with Crippen LogP contribution in [0.1, 0.15) is 50.2 Å². The Morgan fingerprint density at radius 2 is 2.26 bits per heavy atom. The monoisotopic (exact) mass is 315 g/mol. The van der Waals surface area contributed by atoms with Crippen molar-refractivity contribution in [1.29, 1.82) is 0 Å². The second kappa shape index (κ2) is 5.43. The van der Waals surface area contributed by atoms with Gasteiger partial charge in [-0.1, -0.05) is 18.9 Å². The van der Waals surface area contributed by atoms with E-state index in [0.29, 0.717) is 18.3 Å². The van der Waals surface area contributed by atoms with Crippen LogP contribution in [-0.2, 0) is 16.6 Å². The lowest BCUT2D eigenvalue weighted by Crippen LogP contribution is -2.62. The minimum Gasteiger partial charge on any atom is -0.508 e. The zero-order valence-corrected chi connectivity index (χ0v) is 13.8. The molecular weight excluding hydrogens is 290 g/mol. The Kier molecular flexibility index (Phi) is 3.51. The quantitative estimate of drug-likeness (QED) is 0.861. The van der Waals surface area contributed by atoms with Gasteiger partial charge in [0, 0.05) is 18.0 Å². The highest BCUT2D eigenvalue weighted by atomic mass is 16.6. The molecule has 1 saturated carbocycles. The van der Waals surface area contributed by atoms with E-state index < -0.39 is 0 Å². The maximum Gasteiger partial charge on any atom is 0.410 e. The van der Waals surface area contributed by atoms with Gasteiger partial charge in [0.1, 0.15) is 5.75 Å². The van der Waals surface area contributed by atoms with E-state index in [1.54, 1.807) is 6.07 Å². The second-order valence-electron chi connectivity index (χ2n) is 7.26. The standard InChI is InChI=1S/C19H25NO3/c1-2-23-18(22)20-10-9-19-8-4-3-5-15(19)17(20)11-13-6-7-14(21)12-16(13)19/h6-7,12,15,17,21H,2-5,8-11H2,1H3/t15-,17-,19-/m1/s1. The molecular formula is C19H25NO3. The van der Waals surface area contributed by atoms with Crippen LogP contribution in [0.5, 0.6) is 5.75 Å². The van der Waals surface area contributed by atoms with Crippen LogP contribution < -0.4 is 0 Å². The summed E-state index contributed by atoms with van der Waals surface area (Å²) in [5.74, 6) is 0.873. The van der Waals surface area contributed by atoms with E-state index in [-0.39, 0.29) is 17.6 Å². The maximum atomic E-state index is 12.4. The molecule has 124 valence electrons. The Hall–Kier alpha value is -1.71. The van der Waals surface area contributed by atoms with Crippen LogP contribution in [0.3, 0.4) is 0 Å². The number of rotatable bonds is 1. The van der Waals surface area contributed by atoms with Crippen LogP contribution >= 0.6 is 0 Å². The normalized spacial score (nSPS) is 32.0. The first-order chi connectivity index (χ1) is 11.2. The van der Waals surface area contributed by atoms with Crippen molar-refractivity contribution < 1.29 is 14.6 Å². The van der Waals surface area contributed by atoms with Gasteiger partial charge in [-0.05, 0) is 61.8 Å². The number of ether oxygens (including phenoxy) is 1. The summed E-state index contributed by atoms with van der Waals surface area (Å²) in [7, 11) is 0. The van der Waals surface area contributed by atoms with Crippen LogP contribution in [0.2, 0.25) is 0 Å². The van der Waals surface area contributed by atoms with Crippen LogP contribution in [-0.4, -0.2) is 35.3 Å². The number of carbonyl (C=O) groups excluding carboxylic acids is 1. The Balaban J connectivity index is 1.78. The minimum atomic E-state index is -0.154. The average molecular weight is 315 g/mol. The molecule has 2 fully saturated rings. The van der Waals surface area contributed by atoms with E-state index in [2.05, 4.69) is 6.07 Å². The Morgan fingerprint density at radius 1 is 1.39 bits per heavy atom. The molecule has 0 unspecified atom stereocenters. The molecule has 3 atom stereocenters. The Bertz CT molecular complexity index is 629. The predicted octanol–water partition coefficient (Wildman–Crippen LogP) is 3.61. The summed E-state index contributed by atoms with van der Waals surface area (Å²) in [6.07, 6.45) is 6.58. The first-order valence-corrected chi connectivity index (χ1v) is 8.91. The van der Waals surface area contributed by atoms with Gasteiger partial charge in [0.2, 0.25) is 0 Å². The highest BCUT2D eigenvalue weighted by molar-refractivity contribution is 5.69. The third kappa shape index (κ3) is 2.14. The SMILES string of the molecule is CCOC(=O)N1CC[C@]23CCCC[C@@H]2[C@H]1Cc1ccc(O)cc13. The number of phenolic OH excluding ortho intramolecular Hbond substituents is 1. The third-order valence-corrected chi connectivity index (χ3v) is 6.32. The Labute approximate surface area is 137 Å². The van der Waals surface area contributed by atoms with Crippen molar-refractivity contribution in [3.63, 3.8) is 0 Å². The molecule has 1 aliphatic heterocycles. The number of likely N-dealkylation sites (tertiary alicyclic amines) is 1. The lowest BCUT2D eigenvalue weighted by molar-refractivity contribution is -0.0110. The molecule has 2 aliphatic carbocycles. The molecule has 2 bridgehead atoms. The highest BCUT2D eigenvalue weighted by Gasteiger charge is 2.55. The summed E-state index contributed by atoms with van der Waals surface area (Å²) in [5.41, 5.74) is 2.81. The van der Waals surface area contributed by atoms with E-state index in [1.165, 1.54) is 36.8 Å². The van der Waals surface area contributed by atoms with Gasteiger partial charge in [-0.2, -0.15) is 0 Å². The van der Waals surface area contributed by atoms with Gasteiger partial charge in [-0.15, -0.1) is 0 Å². The number of amides is 1. The fourth-order valence-electron chi connectivity index (χ4n) is 5.43. The fraction of sp³-hybridized carbons (Fsp3) is 0.632. The zero-order valence-electron chi connectivity index (χ0n) is 13.8. The highest BCUT2D eigenvalue weighted by Crippen LogP contribution is 2.56. The van der Waals surface area contributed by atoms with E-state index in [4.69, 9.17) is 4.74 Å². The third-order valence-electron chi connectivity index (χ3n) is 6.32. The van der Waals surface area contributed by atoms with Gasteiger partial charge in [0.15, 0.2) is 0 Å². The van der Waals surface area contributed by atoms with Gasteiger partial charge >= 0.3 is 6.09 Å². The zero-order chi connectivity index (χ0) is 16.0. The molecule has 1 N–H and O–H groups in total. The Morgan fingerprint density at radius 3 is 3.09 bits per heavy atom. The van der Waals surface area contributed by atoms with Crippen LogP contribution in [0.25, 0.3) is 0 Å². The number of aromatic hydroxyl groups is 1. The summed E-state index contributed by atoms with van der Waals surface area (Å²) < 4.78 is 5.30.